The van der Waals surface area contributed by atoms with Crippen molar-refractivity contribution in [3.8, 4) is 5.75 Å². The Bertz CT molecular complexity index is 1010. The van der Waals surface area contributed by atoms with Gasteiger partial charge in [0.1, 0.15) is 23.3 Å². The van der Waals surface area contributed by atoms with Gasteiger partial charge < -0.3 is 9.15 Å². The molecule has 0 saturated carbocycles. The molecule has 0 spiro atoms. The number of hydroxylamine groups is 1. The van der Waals surface area contributed by atoms with Gasteiger partial charge in [-0.3, -0.25) is 10.7 Å². The van der Waals surface area contributed by atoms with Crippen molar-refractivity contribution in [3.05, 3.63) is 80.3 Å². The molecular formula is C18H13Cl2NO4. The van der Waals surface area contributed by atoms with Gasteiger partial charge in [0.05, 0.1) is 5.02 Å². The molecule has 128 valence electrons. The van der Waals surface area contributed by atoms with Crippen LogP contribution < -0.4 is 15.8 Å². The van der Waals surface area contributed by atoms with Gasteiger partial charge in [-0.15, -0.1) is 0 Å². The van der Waals surface area contributed by atoms with Crippen LogP contribution in [0.5, 0.6) is 5.75 Å². The van der Waals surface area contributed by atoms with Crippen LogP contribution in [0.25, 0.3) is 16.7 Å². The maximum atomic E-state index is 11.5. The highest BCUT2D eigenvalue weighted by molar-refractivity contribution is 6.32. The van der Waals surface area contributed by atoms with Crippen LogP contribution in [0.2, 0.25) is 10.0 Å². The minimum absolute atomic E-state index is 0.282. The van der Waals surface area contributed by atoms with Gasteiger partial charge in [0, 0.05) is 28.1 Å². The number of benzene rings is 2. The molecular weight excluding hydrogens is 365 g/mol. The summed E-state index contributed by atoms with van der Waals surface area (Å²) in [6, 6.07) is 11.4. The average molecular weight is 378 g/mol. The third-order valence-electron chi connectivity index (χ3n) is 3.58. The minimum Gasteiger partial charge on any atom is -0.461 e. The molecule has 3 aromatic rings. The number of fused-ring (bicyclic) bond motifs is 1. The minimum atomic E-state index is -0.451. The van der Waals surface area contributed by atoms with Gasteiger partial charge >= 0.3 is 5.63 Å². The van der Waals surface area contributed by atoms with Crippen molar-refractivity contribution in [2.45, 2.75) is 6.92 Å². The molecule has 25 heavy (non-hydrogen) atoms. The second-order valence-corrected chi connectivity index (χ2v) is 6.14. The van der Waals surface area contributed by atoms with Crippen molar-refractivity contribution in [1.82, 2.24) is 5.48 Å². The number of halogens is 2. The van der Waals surface area contributed by atoms with E-state index in [0.717, 1.165) is 10.9 Å². The normalized spacial score (nSPS) is 11.6. The van der Waals surface area contributed by atoms with E-state index < -0.39 is 5.63 Å². The Morgan fingerprint density at radius 2 is 1.92 bits per heavy atom. The molecule has 2 N–H and O–H groups in total. The first kappa shape index (κ1) is 17.4. The number of nitrogens with one attached hydrogen (secondary N) is 1. The highest BCUT2D eigenvalue weighted by atomic mass is 35.5. The third-order valence-corrected chi connectivity index (χ3v) is 4.13. The fourth-order valence-electron chi connectivity index (χ4n) is 2.32. The summed E-state index contributed by atoms with van der Waals surface area (Å²) in [5.74, 6) is 0.282. The standard InChI is InChI=1S/C18H13Cl2NO4/c1-10-6-18(22)25-16-8-17(14(20)7-13(10)16)24-9-15(21-23)11-2-4-12(19)5-3-11/h2-9,21,23H,1H3/b15-9+. The Morgan fingerprint density at radius 3 is 2.60 bits per heavy atom. The molecule has 2 aromatic carbocycles. The lowest BCUT2D eigenvalue weighted by Crippen LogP contribution is -2.07. The third kappa shape index (κ3) is 3.79. The van der Waals surface area contributed by atoms with E-state index in [1.54, 1.807) is 37.3 Å². The number of ether oxygens (including phenoxy) is 1. The van der Waals surface area contributed by atoms with Crippen LogP contribution in [-0.4, -0.2) is 5.21 Å². The van der Waals surface area contributed by atoms with Crippen LogP contribution in [0.4, 0.5) is 0 Å². The van der Waals surface area contributed by atoms with Crippen molar-refractivity contribution in [2.24, 2.45) is 0 Å². The van der Waals surface area contributed by atoms with E-state index >= 15 is 0 Å². The first-order chi connectivity index (χ1) is 12.0. The predicted molar refractivity (Wildman–Crippen MR) is 97.2 cm³/mol. The van der Waals surface area contributed by atoms with Gasteiger partial charge in [0.2, 0.25) is 0 Å². The molecule has 0 fully saturated rings. The first-order valence-electron chi connectivity index (χ1n) is 7.25. The Morgan fingerprint density at radius 1 is 1.20 bits per heavy atom. The van der Waals surface area contributed by atoms with Gasteiger partial charge in [-0.05, 0) is 30.7 Å². The number of rotatable bonds is 4. The van der Waals surface area contributed by atoms with Gasteiger partial charge in [0.25, 0.3) is 0 Å². The molecule has 3 rings (SSSR count). The summed E-state index contributed by atoms with van der Waals surface area (Å²) >= 11 is 12.1. The zero-order valence-electron chi connectivity index (χ0n) is 13.0. The molecule has 0 amide bonds. The fraction of sp³-hybridized carbons (Fsp3) is 0.0556. The van der Waals surface area contributed by atoms with Crippen molar-refractivity contribution < 1.29 is 14.4 Å². The number of aryl methyl sites for hydroxylation is 1. The molecule has 0 unspecified atom stereocenters. The predicted octanol–water partition coefficient (Wildman–Crippen LogP) is 4.76. The highest BCUT2D eigenvalue weighted by Gasteiger charge is 2.09. The van der Waals surface area contributed by atoms with E-state index in [0.29, 0.717) is 26.9 Å². The van der Waals surface area contributed by atoms with Crippen LogP contribution in [-0.2, 0) is 0 Å². The van der Waals surface area contributed by atoms with Gasteiger partial charge in [-0.1, -0.05) is 35.3 Å². The quantitative estimate of drug-likeness (QED) is 0.389. The summed E-state index contributed by atoms with van der Waals surface area (Å²) < 4.78 is 10.7. The summed E-state index contributed by atoms with van der Waals surface area (Å²) in [5.41, 5.74) is 3.69. The maximum Gasteiger partial charge on any atom is 0.336 e. The SMILES string of the molecule is Cc1cc(=O)oc2cc(O/C=C(/NO)c3ccc(Cl)cc3)c(Cl)cc12. The summed E-state index contributed by atoms with van der Waals surface area (Å²) in [7, 11) is 0. The lowest BCUT2D eigenvalue weighted by molar-refractivity contribution is 0.222. The van der Waals surface area contributed by atoms with Crippen LogP contribution in [0.1, 0.15) is 11.1 Å². The molecule has 0 bridgehead atoms. The molecule has 0 aliphatic rings. The van der Waals surface area contributed by atoms with Crippen LogP contribution in [0.15, 0.2) is 57.9 Å². The molecule has 0 atom stereocenters. The first-order valence-corrected chi connectivity index (χ1v) is 8.00. The molecule has 5 nitrogen and oxygen atoms in total. The zero-order chi connectivity index (χ0) is 18.0. The second-order valence-electron chi connectivity index (χ2n) is 5.30. The van der Waals surface area contributed by atoms with Crippen LogP contribution >= 0.6 is 23.2 Å². The largest absolute Gasteiger partial charge is 0.461 e. The van der Waals surface area contributed by atoms with E-state index in [2.05, 4.69) is 5.48 Å². The monoisotopic (exact) mass is 377 g/mol. The molecule has 1 aromatic heterocycles. The molecule has 7 heteroatoms. The Balaban J connectivity index is 1.97. The van der Waals surface area contributed by atoms with E-state index in [1.807, 2.05) is 0 Å². The van der Waals surface area contributed by atoms with Crippen molar-refractivity contribution in [1.29, 1.82) is 0 Å². The smallest absolute Gasteiger partial charge is 0.336 e. The van der Waals surface area contributed by atoms with E-state index in [9.17, 15) is 10.0 Å². The van der Waals surface area contributed by atoms with Crippen LogP contribution in [0.3, 0.4) is 0 Å². The molecule has 0 aliphatic carbocycles. The molecule has 0 saturated heterocycles. The summed E-state index contributed by atoms with van der Waals surface area (Å²) in [4.78, 5) is 11.5. The lowest BCUT2D eigenvalue weighted by atomic mass is 10.1. The molecule has 0 radical (unpaired) electrons. The topological polar surface area (TPSA) is 71.7 Å². The van der Waals surface area contributed by atoms with E-state index in [-0.39, 0.29) is 5.75 Å². The summed E-state index contributed by atoms with van der Waals surface area (Å²) in [6.45, 7) is 1.80. The molecule has 0 aliphatic heterocycles. The number of hydrogen-bond acceptors (Lipinski definition) is 5. The van der Waals surface area contributed by atoms with Crippen LogP contribution in [0, 0.1) is 6.92 Å². The van der Waals surface area contributed by atoms with Crippen molar-refractivity contribution >= 4 is 39.9 Å². The van der Waals surface area contributed by atoms with Gasteiger partial charge in [-0.25, -0.2) is 4.79 Å². The van der Waals surface area contributed by atoms with E-state index in [4.69, 9.17) is 32.4 Å². The van der Waals surface area contributed by atoms with Gasteiger partial charge in [0.15, 0.2) is 0 Å². The second kappa shape index (κ2) is 7.19. The number of hydrogen-bond donors (Lipinski definition) is 2. The van der Waals surface area contributed by atoms with E-state index in [1.165, 1.54) is 18.4 Å². The molecule has 1 heterocycles. The van der Waals surface area contributed by atoms with Crippen molar-refractivity contribution in [3.63, 3.8) is 0 Å². The highest BCUT2D eigenvalue weighted by Crippen LogP contribution is 2.31. The Labute approximate surface area is 153 Å². The lowest BCUT2D eigenvalue weighted by Gasteiger charge is -2.09. The summed E-state index contributed by atoms with van der Waals surface area (Å²) in [5, 5.41) is 11.0. The zero-order valence-corrected chi connectivity index (χ0v) is 14.6. The van der Waals surface area contributed by atoms with Crippen molar-refractivity contribution in [2.75, 3.05) is 0 Å². The fourth-order valence-corrected chi connectivity index (χ4v) is 2.66. The Kier molecular flexibility index (Phi) is 4.99. The average Bonchev–Trinajstić information content (AvgIpc) is 2.58. The Hall–Kier alpha value is -2.47. The summed E-state index contributed by atoms with van der Waals surface area (Å²) in [6.07, 6.45) is 1.30. The maximum absolute atomic E-state index is 11.5. The van der Waals surface area contributed by atoms with Gasteiger partial charge in [-0.2, -0.15) is 0 Å².